The van der Waals surface area contributed by atoms with Gasteiger partial charge in [0.25, 0.3) is 0 Å². The Kier molecular flexibility index (Phi) is 4.90. The SMILES string of the molecule is CN(CCc1ccc(Br)cc1)Cc1ccccn1. The van der Waals surface area contributed by atoms with Crippen LogP contribution in [0.15, 0.2) is 53.1 Å². The Labute approximate surface area is 117 Å². The van der Waals surface area contributed by atoms with Gasteiger partial charge < -0.3 is 4.90 Å². The second-order valence-corrected chi connectivity index (χ2v) is 5.35. The average Bonchev–Trinajstić information content (AvgIpc) is 2.39. The number of hydrogen-bond donors (Lipinski definition) is 0. The van der Waals surface area contributed by atoms with Gasteiger partial charge >= 0.3 is 0 Å². The van der Waals surface area contributed by atoms with Gasteiger partial charge in [-0.15, -0.1) is 0 Å². The van der Waals surface area contributed by atoms with E-state index in [1.54, 1.807) is 0 Å². The van der Waals surface area contributed by atoms with E-state index in [0.717, 1.165) is 29.7 Å². The molecule has 1 heterocycles. The van der Waals surface area contributed by atoms with E-state index in [0.29, 0.717) is 0 Å². The van der Waals surface area contributed by atoms with Gasteiger partial charge in [0.1, 0.15) is 0 Å². The van der Waals surface area contributed by atoms with E-state index in [1.165, 1.54) is 5.56 Å². The number of aromatic nitrogens is 1. The van der Waals surface area contributed by atoms with Crippen molar-refractivity contribution in [1.29, 1.82) is 0 Å². The summed E-state index contributed by atoms with van der Waals surface area (Å²) in [6.07, 6.45) is 2.91. The normalized spacial score (nSPS) is 10.8. The van der Waals surface area contributed by atoms with Gasteiger partial charge in [0, 0.05) is 23.8 Å². The lowest BCUT2D eigenvalue weighted by molar-refractivity contribution is 0.327. The lowest BCUT2D eigenvalue weighted by Gasteiger charge is -2.16. The molecule has 94 valence electrons. The minimum Gasteiger partial charge on any atom is -0.300 e. The first-order valence-electron chi connectivity index (χ1n) is 6.07. The maximum absolute atomic E-state index is 4.34. The molecular formula is C15H17BrN2. The fourth-order valence-electron chi connectivity index (χ4n) is 1.82. The first kappa shape index (κ1) is 13.2. The highest BCUT2D eigenvalue weighted by Crippen LogP contribution is 2.11. The Bertz CT molecular complexity index is 468. The number of benzene rings is 1. The van der Waals surface area contributed by atoms with Crippen molar-refractivity contribution in [2.45, 2.75) is 13.0 Å². The molecule has 1 aromatic heterocycles. The first-order chi connectivity index (χ1) is 8.74. The van der Waals surface area contributed by atoms with Crippen LogP contribution < -0.4 is 0 Å². The highest BCUT2D eigenvalue weighted by molar-refractivity contribution is 9.10. The van der Waals surface area contributed by atoms with Gasteiger partial charge in [-0.3, -0.25) is 4.98 Å². The molecule has 0 bridgehead atoms. The zero-order valence-electron chi connectivity index (χ0n) is 10.5. The molecule has 18 heavy (non-hydrogen) atoms. The third-order valence-corrected chi connectivity index (χ3v) is 3.38. The average molecular weight is 305 g/mol. The predicted molar refractivity (Wildman–Crippen MR) is 78.4 cm³/mol. The largest absolute Gasteiger partial charge is 0.300 e. The summed E-state index contributed by atoms with van der Waals surface area (Å²) in [5.41, 5.74) is 2.49. The maximum atomic E-state index is 4.34. The molecule has 0 atom stereocenters. The lowest BCUT2D eigenvalue weighted by atomic mass is 10.1. The van der Waals surface area contributed by atoms with Gasteiger partial charge in [0.15, 0.2) is 0 Å². The highest BCUT2D eigenvalue weighted by Gasteiger charge is 2.01. The van der Waals surface area contributed by atoms with Crippen LogP contribution in [-0.4, -0.2) is 23.5 Å². The molecule has 0 unspecified atom stereocenters. The zero-order valence-corrected chi connectivity index (χ0v) is 12.1. The number of halogens is 1. The van der Waals surface area contributed by atoms with Crippen molar-refractivity contribution in [1.82, 2.24) is 9.88 Å². The summed E-state index contributed by atoms with van der Waals surface area (Å²) in [4.78, 5) is 6.63. The van der Waals surface area contributed by atoms with E-state index in [1.807, 2.05) is 18.3 Å². The van der Waals surface area contributed by atoms with Crippen LogP contribution in [-0.2, 0) is 13.0 Å². The first-order valence-corrected chi connectivity index (χ1v) is 6.86. The predicted octanol–water partition coefficient (Wildman–Crippen LogP) is 3.52. The summed E-state index contributed by atoms with van der Waals surface area (Å²) in [6, 6.07) is 14.6. The summed E-state index contributed by atoms with van der Waals surface area (Å²) in [7, 11) is 2.13. The van der Waals surface area contributed by atoms with Crippen LogP contribution in [0, 0.1) is 0 Å². The Morgan fingerprint density at radius 3 is 2.56 bits per heavy atom. The molecule has 2 rings (SSSR count). The number of likely N-dealkylation sites (N-methyl/N-ethyl adjacent to an activating group) is 1. The Morgan fingerprint density at radius 1 is 1.11 bits per heavy atom. The summed E-state index contributed by atoms with van der Waals surface area (Å²) in [5, 5.41) is 0. The molecule has 0 spiro atoms. The van der Waals surface area contributed by atoms with Crippen LogP contribution in [0.4, 0.5) is 0 Å². The van der Waals surface area contributed by atoms with Gasteiger partial charge in [-0.2, -0.15) is 0 Å². The fraction of sp³-hybridized carbons (Fsp3) is 0.267. The third-order valence-electron chi connectivity index (χ3n) is 2.85. The fourth-order valence-corrected chi connectivity index (χ4v) is 2.08. The molecule has 1 aromatic carbocycles. The molecule has 2 nitrogen and oxygen atoms in total. The minimum absolute atomic E-state index is 0.900. The standard InChI is InChI=1S/C15H17BrN2/c1-18(12-15-4-2-3-10-17-15)11-9-13-5-7-14(16)8-6-13/h2-8,10H,9,11-12H2,1H3. The van der Waals surface area contributed by atoms with Crippen LogP contribution in [0.5, 0.6) is 0 Å². The van der Waals surface area contributed by atoms with Crippen molar-refractivity contribution in [3.8, 4) is 0 Å². The summed E-state index contributed by atoms with van der Waals surface area (Å²) < 4.78 is 1.13. The van der Waals surface area contributed by atoms with Crippen molar-refractivity contribution in [3.05, 3.63) is 64.4 Å². The number of pyridine rings is 1. The number of rotatable bonds is 5. The van der Waals surface area contributed by atoms with E-state index in [2.05, 4.69) is 63.2 Å². The Balaban J connectivity index is 1.81. The van der Waals surface area contributed by atoms with Crippen molar-refractivity contribution < 1.29 is 0 Å². The molecule has 0 aliphatic heterocycles. The van der Waals surface area contributed by atoms with Gasteiger partial charge in [0.05, 0.1) is 5.69 Å². The Morgan fingerprint density at radius 2 is 1.89 bits per heavy atom. The van der Waals surface area contributed by atoms with E-state index < -0.39 is 0 Å². The van der Waals surface area contributed by atoms with E-state index >= 15 is 0 Å². The van der Waals surface area contributed by atoms with Gasteiger partial charge in [-0.1, -0.05) is 34.1 Å². The molecule has 0 aliphatic rings. The van der Waals surface area contributed by atoms with Crippen LogP contribution >= 0.6 is 15.9 Å². The lowest BCUT2D eigenvalue weighted by Crippen LogP contribution is -2.21. The molecule has 2 aromatic rings. The quantitative estimate of drug-likeness (QED) is 0.840. The van der Waals surface area contributed by atoms with Crippen molar-refractivity contribution >= 4 is 15.9 Å². The molecular weight excluding hydrogens is 288 g/mol. The van der Waals surface area contributed by atoms with Gasteiger partial charge in [-0.25, -0.2) is 0 Å². The topological polar surface area (TPSA) is 16.1 Å². The third kappa shape index (κ3) is 4.24. The number of nitrogens with zero attached hydrogens (tertiary/aromatic N) is 2. The zero-order chi connectivity index (χ0) is 12.8. The minimum atomic E-state index is 0.900. The molecule has 0 radical (unpaired) electrons. The van der Waals surface area contributed by atoms with Crippen molar-refractivity contribution in [3.63, 3.8) is 0 Å². The van der Waals surface area contributed by atoms with Crippen LogP contribution in [0.1, 0.15) is 11.3 Å². The van der Waals surface area contributed by atoms with Crippen LogP contribution in [0.3, 0.4) is 0 Å². The summed E-state index contributed by atoms with van der Waals surface area (Å²) in [5.74, 6) is 0. The highest BCUT2D eigenvalue weighted by atomic mass is 79.9. The number of hydrogen-bond acceptors (Lipinski definition) is 2. The molecule has 0 aliphatic carbocycles. The van der Waals surface area contributed by atoms with Crippen molar-refractivity contribution in [2.24, 2.45) is 0 Å². The van der Waals surface area contributed by atoms with E-state index in [4.69, 9.17) is 0 Å². The molecule has 0 saturated heterocycles. The summed E-state index contributed by atoms with van der Waals surface area (Å²) in [6.45, 7) is 1.94. The second-order valence-electron chi connectivity index (χ2n) is 4.44. The Hall–Kier alpha value is -1.19. The molecule has 3 heteroatoms. The van der Waals surface area contributed by atoms with Gasteiger partial charge in [-0.05, 0) is 43.3 Å². The molecule has 0 amide bonds. The smallest absolute Gasteiger partial charge is 0.0543 e. The summed E-state index contributed by atoms with van der Waals surface area (Å²) >= 11 is 3.45. The monoisotopic (exact) mass is 304 g/mol. The van der Waals surface area contributed by atoms with Crippen LogP contribution in [0.25, 0.3) is 0 Å². The van der Waals surface area contributed by atoms with E-state index in [-0.39, 0.29) is 0 Å². The molecule has 0 N–H and O–H groups in total. The molecule has 0 fully saturated rings. The second kappa shape index (κ2) is 6.66. The van der Waals surface area contributed by atoms with Crippen molar-refractivity contribution in [2.75, 3.05) is 13.6 Å². The molecule has 0 saturated carbocycles. The van der Waals surface area contributed by atoms with E-state index in [9.17, 15) is 0 Å². The van der Waals surface area contributed by atoms with Crippen LogP contribution in [0.2, 0.25) is 0 Å². The maximum Gasteiger partial charge on any atom is 0.0543 e. The van der Waals surface area contributed by atoms with Gasteiger partial charge in [0.2, 0.25) is 0 Å².